The number of nitrogens with zero attached hydrogens (tertiary/aromatic N) is 2. The summed E-state index contributed by atoms with van der Waals surface area (Å²) < 4.78 is 9.48. The first kappa shape index (κ1) is 19.6. The Morgan fingerprint density at radius 2 is 2.00 bits per heavy atom. The lowest BCUT2D eigenvalue weighted by atomic mass is 9.96. The monoisotopic (exact) mass is 388 g/mol. The number of carbonyl (C=O) groups excluding carboxylic acids is 1. The molecule has 1 saturated heterocycles. The highest BCUT2D eigenvalue weighted by Crippen LogP contribution is 2.24. The zero-order valence-electron chi connectivity index (χ0n) is 16.2. The lowest BCUT2D eigenvalue weighted by Gasteiger charge is -2.32. The predicted octanol–water partition coefficient (Wildman–Crippen LogP) is 3.14. The maximum Gasteiger partial charge on any atom is 0.256 e. The summed E-state index contributed by atoms with van der Waals surface area (Å²) in [5.41, 5.74) is 2.78. The number of methoxy groups -OCH3 is 1. The third-order valence-corrected chi connectivity index (χ3v) is 6.10. The smallest absolute Gasteiger partial charge is 0.256 e. The van der Waals surface area contributed by atoms with Crippen LogP contribution >= 0.6 is 11.5 Å². The lowest BCUT2D eigenvalue weighted by Crippen LogP contribution is -2.38. The molecule has 0 unspecified atom stereocenters. The van der Waals surface area contributed by atoms with Crippen LogP contribution in [0, 0.1) is 12.8 Å². The van der Waals surface area contributed by atoms with Crippen molar-refractivity contribution in [3.8, 4) is 5.75 Å². The van der Waals surface area contributed by atoms with E-state index in [0.717, 1.165) is 55.5 Å². The lowest BCUT2D eigenvalue weighted by molar-refractivity contribution is 0.0935. The van der Waals surface area contributed by atoms with E-state index >= 15 is 0 Å². The molecule has 1 amide bonds. The van der Waals surface area contributed by atoms with Crippen LogP contribution in [0.5, 0.6) is 5.75 Å². The van der Waals surface area contributed by atoms with Gasteiger partial charge in [0, 0.05) is 20.1 Å². The first-order chi connectivity index (χ1) is 13.1. The molecule has 1 aromatic carbocycles. The van der Waals surface area contributed by atoms with Crippen LogP contribution in [0.15, 0.2) is 24.3 Å². The zero-order chi connectivity index (χ0) is 19.2. The summed E-state index contributed by atoms with van der Waals surface area (Å²) in [4.78, 5) is 15.0. The van der Waals surface area contributed by atoms with Gasteiger partial charge in [-0.05, 0) is 68.0 Å². The fourth-order valence-corrected chi connectivity index (χ4v) is 4.21. The first-order valence-electron chi connectivity index (χ1n) is 9.38. The molecule has 1 aliphatic heterocycles. The van der Waals surface area contributed by atoms with E-state index in [4.69, 9.17) is 4.74 Å². The molecule has 0 saturated carbocycles. The van der Waals surface area contributed by atoms with E-state index in [9.17, 15) is 4.79 Å². The summed E-state index contributed by atoms with van der Waals surface area (Å²) >= 11 is 1.33. The number of aromatic nitrogens is 1. The van der Waals surface area contributed by atoms with Gasteiger partial charge in [0.15, 0.2) is 0 Å². The van der Waals surface area contributed by atoms with E-state index in [1.165, 1.54) is 17.1 Å². The number of hydrogen-bond donors (Lipinski definition) is 2. The van der Waals surface area contributed by atoms with Crippen molar-refractivity contribution in [2.24, 2.45) is 5.92 Å². The standard InChI is InChI=1S/C20H28N4O2S/c1-14-18(20(21-2)27-23-14)19(25)22-12-15-8-10-24(11-9-15)13-16-4-6-17(26-3)7-5-16/h4-7,15,21H,8-13H2,1-3H3,(H,22,25). The molecule has 0 spiro atoms. The SMILES string of the molecule is CNc1snc(C)c1C(=O)NCC1CCN(Cc2ccc(OC)cc2)CC1. The topological polar surface area (TPSA) is 66.5 Å². The summed E-state index contributed by atoms with van der Waals surface area (Å²) in [6, 6.07) is 8.28. The van der Waals surface area contributed by atoms with Crippen molar-refractivity contribution in [1.82, 2.24) is 14.6 Å². The highest BCUT2D eigenvalue weighted by atomic mass is 32.1. The van der Waals surface area contributed by atoms with Crippen LogP contribution in [0.4, 0.5) is 5.00 Å². The minimum atomic E-state index is -0.0220. The van der Waals surface area contributed by atoms with Crippen molar-refractivity contribution < 1.29 is 9.53 Å². The van der Waals surface area contributed by atoms with Crippen molar-refractivity contribution >= 4 is 22.4 Å². The molecule has 1 aromatic heterocycles. The maximum absolute atomic E-state index is 12.5. The van der Waals surface area contributed by atoms with Gasteiger partial charge in [-0.3, -0.25) is 9.69 Å². The number of rotatable bonds is 7. The van der Waals surface area contributed by atoms with Crippen LogP contribution in [0.2, 0.25) is 0 Å². The Hall–Kier alpha value is -2.12. The molecule has 0 aliphatic carbocycles. The summed E-state index contributed by atoms with van der Waals surface area (Å²) in [7, 11) is 3.51. The fraction of sp³-hybridized carbons (Fsp3) is 0.500. The highest BCUT2D eigenvalue weighted by molar-refractivity contribution is 7.10. The van der Waals surface area contributed by atoms with Gasteiger partial charge in [0.1, 0.15) is 10.8 Å². The Bertz CT molecular complexity index is 752. The van der Waals surface area contributed by atoms with Crippen LogP contribution < -0.4 is 15.4 Å². The fourth-order valence-electron chi connectivity index (χ4n) is 3.47. The number of anilines is 1. The Kier molecular flexibility index (Phi) is 6.68. The third-order valence-electron chi connectivity index (χ3n) is 5.14. The number of hydrogen-bond acceptors (Lipinski definition) is 6. The van der Waals surface area contributed by atoms with Gasteiger partial charge in [0.25, 0.3) is 5.91 Å². The number of benzene rings is 1. The quantitative estimate of drug-likeness (QED) is 0.763. The Balaban J connectivity index is 1.44. The number of piperidine rings is 1. The van der Waals surface area contributed by atoms with E-state index in [2.05, 4.69) is 32.0 Å². The third kappa shape index (κ3) is 4.99. The van der Waals surface area contributed by atoms with Gasteiger partial charge >= 0.3 is 0 Å². The molecular formula is C20H28N4O2S. The molecule has 2 aromatic rings. The molecule has 7 heteroatoms. The number of amides is 1. The Morgan fingerprint density at radius 1 is 1.30 bits per heavy atom. The largest absolute Gasteiger partial charge is 0.497 e. The van der Waals surface area contributed by atoms with E-state index in [-0.39, 0.29) is 5.91 Å². The van der Waals surface area contributed by atoms with Gasteiger partial charge in [-0.2, -0.15) is 4.37 Å². The van der Waals surface area contributed by atoms with Crippen LogP contribution in [0.3, 0.4) is 0 Å². The number of carbonyl (C=O) groups is 1. The average molecular weight is 389 g/mol. The van der Waals surface area contributed by atoms with Crippen molar-refractivity contribution in [3.63, 3.8) is 0 Å². The normalized spacial score (nSPS) is 15.5. The number of nitrogens with one attached hydrogen (secondary N) is 2. The minimum Gasteiger partial charge on any atom is -0.497 e. The minimum absolute atomic E-state index is 0.0220. The Labute approximate surface area is 165 Å². The number of likely N-dealkylation sites (tertiary alicyclic amines) is 1. The van der Waals surface area contributed by atoms with Gasteiger partial charge in [-0.1, -0.05) is 12.1 Å². The van der Waals surface area contributed by atoms with Crippen LogP contribution in [-0.4, -0.2) is 49.0 Å². The second-order valence-corrected chi connectivity index (χ2v) is 7.77. The molecule has 0 radical (unpaired) electrons. The summed E-state index contributed by atoms with van der Waals surface area (Å²) in [6.07, 6.45) is 2.21. The maximum atomic E-state index is 12.5. The molecule has 0 atom stereocenters. The molecule has 2 heterocycles. The molecule has 3 rings (SSSR count). The molecule has 1 fully saturated rings. The van der Waals surface area contributed by atoms with Crippen molar-refractivity contribution in [2.45, 2.75) is 26.3 Å². The number of ether oxygens (including phenoxy) is 1. The molecule has 0 bridgehead atoms. The second kappa shape index (κ2) is 9.19. The van der Waals surface area contributed by atoms with E-state index < -0.39 is 0 Å². The van der Waals surface area contributed by atoms with E-state index in [0.29, 0.717) is 11.5 Å². The van der Waals surface area contributed by atoms with E-state index in [1.807, 2.05) is 26.1 Å². The van der Waals surface area contributed by atoms with Crippen molar-refractivity contribution in [2.75, 3.05) is 39.1 Å². The van der Waals surface area contributed by atoms with Crippen LogP contribution in [0.1, 0.15) is 34.5 Å². The molecule has 27 heavy (non-hydrogen) atoms. The van der Waals surface area contributed by atoms with Crippen molar-refractivity contribution in [1.29, 1.82) is 0 Å². The van der Waals surface area contributed by atoms with Crippen LogP contribution in [0.25, 0.3) is 0 Å². The van der Waals surface area contributed by atoms with E-state index in [1.54, 1.807) is 7.11 Å². The van der Waals surface area contributed by atoms with Crippen LogP contribution in [-0.2, 0) is 6.54 Å². The summed E-state index contributed by atoms with van der Waals surface area (Å²) in [5, 5.41) is 6.99. The number of aryl methyl sites for hydroxylation is 1. The molecule has 6 nitrogen and oxygen atoms in total. The summed E-state index contributed by atoms with van der Waals surface area (Å²) in [5.74, 6) is 1.41. The predicted molar refractivity (Wildman–Crippen MR) is 110 cm³/mol. The van der Waals surface area contributed by atoms with Gasteiger partial charge in [-0.25, -0.2) is 0 Å². The molecule has 146 valence electrons. The van der Waals surface area contributed by atoms with Gasteiger partial charge < -0.3 is 15.4 Å². The Morgan fingerprint density at radius 3 is 2.63 bits per heavy atom. The molecular weight excluding hydrogens is 360 g/mol. The zero-order valence-corrected chi connectivity index (χ0v) is 17.1. The second-order valence-electron chi connectivity index (χ2n) is 7.00. The van der Waals surface area contributed by atoms with Crippen molar-refractivity contribution in [3.05, 3.63) is 41.1 Å². The van der Waals surface area contributed by atoms with Gasteiger partial charge in [-0.15, -0.1) is 0 Å². The molecule has 1 aliphatic rings. The van der Waals surface area contributed by atoms with Gasteiger partial charge in [0.2, 0.25) is 0 Å². The highest BCUT2D eigenvalue weighted by Gasteiger charge is 2.22. The summed E-state index contributed by atoms with van der Waals surface area (Å²) in [6.45, 7) is 5.70. The van der Waals surface area contributed by atoms with Gasteiger partial charge in [0.05, 0.1) is 18.4 Å². The molecule has 2 N–H and O–H groups in total. The average Bonchev–Trinajstić information content (AvgIpc) is 3.08. The first-order valence-corrected chi connectivity index (χ1v) is 10.2.